The minimum absolute atomic E-state index is 0.0103. The van der Waals surface area contributed by atoms with Crippen molar-refractivity contribution in [3.63, 3.8) is 0 Å². The fourth-order valence-electron chi connectivity index (χ4n) is 2.29. The highest BCUT2D eigenvalue weighted by Gasteiger charge is 2.22. The minimum Gasteiger partial charge on any atom is -0.478 e. The molecule has 0 bridgehead atoms. The molecule has 0 atom stereocenters. The van der Waals surface area contributed by atoms with E-state index in [1.807, 2.05) is 0 Å². The van der Waals surface area contributed by atoms with Crippen LogP contribution in [0.3, 0.4) is 0 Å². The highest BCUT2D eigenvalue weighted by atomic mass is 16.4. The molecule has 26 heavy (non-hydrogen) atoms. The van der Waals surface area contributed by atoms with Gasteiger partial charge >= 0.3 is 23.9 Å². The van der Waals surface area contributed by atoms with Gasteiger partial charge in [-0.25, -0.2) is 19.2 Å². The van der Waals surface area contributed by atoms with Gasteiger partial charge in [-0.3, -0.25) is 0 Å². The van der Waals surface area contributed by atoms with Crippen LogP contribution >= 0.6 is 0 Å². The molecule has 0 saturated carbocycles. The molecule has 0 aromatic heterocycles. The molecule has 2 aromatic rings. The SMILES string of the molecule is O=C(O)c1cccc(/C=C/c2cc(C(=O)O)cc(C(=O)O)c2C(=O)O)c1. The number of aromatic carboxylic acids is 4. The van der Waals surface area contributed by atoms with Gasteiger partial charge in [-0.05, 0) is 35.4 Å². The van der Waals surface area contributed by atoms with Crippen LogP contribution in [0.15, 0.2) is 36.4 Å². The molecule has 0 aliphatic carbocycles. The van der Waals surface area contributed by atoms with Crippen molar-refractivity contribution in [1.82, 2.24) is 0 Å². The summed E-state index contributed by atoms with van der Waals surface area (Å²) in [6.07, 6.45) is 2.59. The van der Waals surface area contributed by atoms with E-state index in [9.17, 15) is 29.4 Å². The van der Waals surface area contributed by atoms with Gasteiger partial charge in [0, 0.05) is 0 Å². The highest BCUT2D eigenvalue weighted by Crippen LogP contribution is 2.22. The van der Waals surface area contributed by atoms with Crippen LogP contribution in [-0.2, 0) is 0 Å². The lowest BCUT2D eigenvalue weighted by molar-refractivity contribution is 0.0649. The molecule has 0 amide bonds. The first kappa shape index (κ1) is 18.4. The van der Waals surface area contributed by atoms with Crippen molar-refractivity contribution in [3.05, 3.63) is 69.8 Å². The zero-order chi connectivity index (χ0) is 19.4. The van der Waals surface area contributed by atoms with E-state index in [4.69, 9.17) is 10.2 Å². The third-order valence-corrected chi connectivity index (χ3v) is 3.45. The van der Waals surface area contributed by atoms with Gasteiger partial charge in [0.1, 0.15) is 0 Å². The van der Waals surface area contributed by atoms with E-state index in [0.717, 1.165) is 12.1 Å². The Morgan fingerprint density at radius 1 is 0.692 bits per heavy atom. The first-order valence-corrected chi connectivity index (χ1v) is 7.10. The molecule has 0 unspecified atom stereocenters. The van der Waals surface area contributed by atoms with Crippen LogP contribution in [0.4, 0.5) is 0 Å². The summed E-state index contributed by atoms with van der Waals surface area (Å²) in [4.78, 5) is 44.9. The molecule has 2 aromatic carbocycles. The van der Waals surface area contributed by atoms with Crippen LogP contribution < -0.4 is 0 Å². The van der Waals surface area contributed by atoms with E-state index in [-0.39, 0.29) is 16.7 Å². The van der Waals surface area contributed by atoms with Crippen molar-refractivity contribution in [3.8, 4) is 0 Å². The molecule has 8 nitrogen and oxygen atoms in total. The topological polar surface area (TPSA) is 149 Å². The second kappa shape index (κ2) is 7.31. The molecular formula is C18H12O8. The van der Waals surface area contributed by atoms with Crippen LogP contribution in [0.2, 0.25) is 0 Å². The molecule has 4 N–H and O–H groups in total. The van der Waals surface area contributed by atoms with Crippen molar-refractivity contribution in [2.45, 2.75) is 0 Å². The molecule has 0 fully saturated rings. The summed E-state index contributed by atoms with van der Waals surface area (Å²) in [6.45, 7) is 0. The maximum Gasteiger partial charge on any atom is 0.337 e. The third-order valence-electron chi connectivity index (χ3n) is 3.45. The maximum absolute atomic E-state index is 11.5. The summed E-state index contributed by atoms with van der Waals surface area (Å²) in [5, 5.41) is 36.6. The lowest BCUT2D eigenvalue weighted by Gasteiger charge is -2.08. The van der Waals surface area contributed by atoms with Crippen LogP contribution in [0.1, 0.15) is 52.6 Å². The van der Waals surface area contributed by atoms with Crippen molar-refractivity contribution in [2.75, 3.05) is 0 Å². The van der Waals surface area contributed by atoms with Gasteiger partial charge in [-0.2, -0.15) is 0 Å². The molecule has 0 saturated heterocycles. The lowest BCUT2D eigenvalue weighted by atomic mass is 9.96. The normalized spacial score (nSPS) is 10.6. The quantitative estimate of drug-likeness (QED) is 0.577. The zero-order valence-electron chi connectivity index (χ0n) is 13.0. The summed E-state index contributed by atoms with van der Waals surface area (Å²) < 4.78 is 0. The van der Waals surface area contributed by atoms with E-state index >= 15 is 0 Å². The van der Waals surface area contributed by atoms with E-state index in [2.05, 4.69) is 0 Å². The fourth-order valence-corrected chi connectivity index (χ4v) is 2.29. The Morgan fingerprint density at radius 3 is 1.88 bits per heavy atom. The van der Waals surface area contributed by atoms with E-state index in [1.54, 1.807) is 6.07 Å². The first-order valence-electron chi connectivity index (χ1n) is 7.10. The van der Waals surface area contributed by atoms with Crippen molar-refractivity contribution < 1.29 is 39.6 Å². The molecule has 132 valence electrons. The Morgan fingerprint density at radius 2 is 1.35 bits per heavy atom. The highest BCUT2D eigenvalue weighted by molar-refractivity contribution is 6.07. The van der Waals surface area contributed by atoms with Crippen molar-refractivity contribution in [1.29, 1.82) is 0 Å². The van der Waals surface area contributed by atoms with E-state index in [1.165, 1.54) is 30.4 Å². The molecular weight excluding hydrogens is 344 g/mol. The molecule has 0 aliphatic rings. The van der Waals surface area contributed by atoms with E-state index < -0.39 is 35.0 Å². The largest absolute Gasteiger partial charge is 0.478 e. The number of carbonyl (C=O) groups is 4. The zero-order valence-corrected chi connectivity index (χ0v) is 13.0. The monoisotopic (exact) mass is 356 g/mol. The summed E-state index contributed by atoms with van der Waals surface area (Å²) >= 11 is 0. The van der Waals surface area contributed by atoms with E-state index in [0.29, 0.717) is 5.56 Å². The maximum atomic E-state index is 11.5. The Balaban J connectivity index is 2.62. The molecule has 0 spiro atoms. The summed E-state index contributed by atoms with van der Waals surface area (Å²) in [5.41, 5.74) is -1.30. The third kappa shape index (κ3) is 3.93. The van der Waals surface area contributed by atoms with Gasteiger partial charge in [0.2, 0.25) is 0 Å². The average molecular weight is 356 g/mol. The van der Waals surface area contributed by atoms with Gasteiger partial charge in [0.15, 0.2) is 0 Å². The lowest BCUT2D eigenvalue weighted by Crippen LogP contribution is -2.12. The second-order valence-corrected chi connectivity index (χ2v) is 5.17. The average Bonchev–Trinajstić information content (AvgIpc) is 2.58. The summed E-state index contributed by atoms with van der Waals surface area (Å²) in [7, 11) is 0. The van der Waals surface area contributed by atoms with Gasteiger partial charge in [-0.1, -0.05) is 24.3 Å². The molecule has 0 heterocycles. The van der Waals surface area contributed by atoms with Gasteiger partial charge in [-0.15, -0.1) is 0 Å². The number of hydrogen-bond acceptors (Lipinski definition) is 4. The molecule has 8 heteroatoms. The minimum atomic E-state index is -1.58. The van der Waals surface area contributed by atoms with Gasteiger partial charge in [0.25, 0.3) is 0 Å². The van der Waals surface area contributed by atoms with Crippen molar-refractivity contribution >= 4 is 36.0 Å². The van der Waals surface area contributed by atoms with Crippen LogP contribution in [0.5, 0.6) is 0 Å². The number of carboxylic acids is 4. The Labute approximate surface area is 146 Å². The predicted octanol–water partition coefficient (Wildman–Crippen LogP) is 2.65. The second-order valence-electron chi connectivity index (χ2n) is 5.17. The summed E-state index contributed by atoms with van der Waals surface area (Å²) in [6, 6.07) is 7.56. The number of hydrogen-bond donors (Lipinski definition) is 4. The predicted molar refractivity (Wildman–Crippen MR) is 89.6 cm³/mol. The van der Waals surface area contributed by atoms with Crippen LogP contribution in [-0.4, -0.2) is 44.3 Å². The van der Waals surface area contributed by atoms with Crippen LogP contribution in [0.25, 0.3) is 12.2 Å². The fraction of sp³-hybridized carbons (Fsp3) is 0. The Hall–Kier alpha value is -3.94. The molecule has 2 rings (SSSR count). The van der Waals surface area contributed by atoms with Gasteiger partial charge < -0.3 is 20.4 Å². The summed E-state index contributed by atoms with van der Waals surface area (Å²) in [5.74, 6) is -5.66. The molecule has 0 aliphatic heterocycles. The van der Waals surface area contributed by atoms with Gasteiger partial charge in [0.05, 0.1) is 22.3 Å². The first-order chi connectivity index (χ1) is 12.2. The van der Waals surface area contributed by atoms with Crippen molar-refractivity contribution in [2.24, 2.45) is 0 Å². The Bertz CT molecular complexity index is 956. The smallest absolute Gasteiger partial charge is 0.337 e. The standard InChI is InChI=1S/C18H12O8/c19-15(20)11-3-1-2-9(6-11)4-5-10-7-12(16(21)22)8-13(17(23)24)14(10)18(25)26/h1-8H,(H,19,20)(H,21,22)(H,23,24)(H,25,26)/b5-4+. The molecule has 0 radical (unpaired) electrons. The number of benzene rings is 2. The van der Waals surface area contributed by atoms with Crippen LogP contribution in [0, 0.1) is 0 Å². The Kier molecular flexibility index (Phi) is 5.17. The number of rotatable bonds is 6. The number of carboxylic acid groups (broad SMARTS) is 4.